The summed E-state index contributed by atoms with van der Waals surface area (Å²) in [6.45, 7) is 1.27. The van der Waals surface area contributed by atoms with Crippen LogP contribution in [0.25, 0.3) is 6.08 Å². The van der Waals surface area contributed by atoms with Crippen molar-refractivity contribution in [3.8, 4) is 11.5 Å². The maximum absolute atomic E-state index is 6.42. The van der Waals surface area contributed by atoms with E-state index in [4.69, 9.17) is 26.7 Å². The van der Waals surface area contributed by atoms with Crippen molar-refractivity contribution in [1.29, 1.82) is 0 Å². The predicted molar refractivity (Wildman–Crippen MR) is 109 cm³/mol. The lowest BCUT2D eigenvalue weighted by Crippen LogP contribution is -2.24. The van der Waals surface area contributed by atoms with Crippen LogP contribution in [0, 0.1) is 0 Å². The van der Waals surface area contributed by atoms with Crippen LogP contribution in [0.3, 0.4) is 0 Å². The van der Waals surface area contributed by atoms with Crippen molar-refractivity contribution in [3.05, 3.63) is 47.3 Å². The van der Waals surface area contributed by atoms with Gasteiger partial charge in [0.25, 0.3) is 0 Å². The fourth-order valence-corrected chi connectivity index (χ4v) is 3.33. The first-order chi connectivity index (χ1) is 13.1. The smallest absolute Gasteiger partial charge is 0.162 e. The number of ether oxygens (including phenoxy) is 2. The molecule has 1 atom stereocenters. The molecule has 2 aromatic rings. The van der Waals surface area contributed by atoms with Crippen LogP contribution in [0.4, 0.5) is 11.5 Å². The van der Waals surface area contributed by atoms with Gasteiger partial charge in [-0.2, -0.15) is 0 Å². The predicted octanol–water partition coefficient (Wildman–Crippen LogP) is 2.41. The number of benzene rings is 1. The van der Waals surface area contributed by atoms with Crippen LogP contribution in [0.1, 0.15) is 35.7 Å². The molecule has 0 saturated heterocycles. The van der Waals surface area contributed by atoms with Crippen LogP contribution < -0.4 is 31.6 Å². The molecule has 2 heterocycles. The Morgan fingerprint density at radius 2 is 1.96 bits per heavy atom. The minimum Gasteiger partial charge on any atom is -0.493 e. The number of hydrogen-bond acceptors (Lipinski definition) is 7. The molecular formula is C20H27N5O2. The third kappa shape index (κ3) is 3.99. The fourth-order valence-electron chi connectivity index (χ4n) is 3.33. The van der Waals surface area contributed by atoms with Gasteiger partial charge in [-0.1, -0.05) is 0 Å². The summed E-state index contributed by atoms with van der Waals surface area (Å²) in [6.07, 6.45) is 5.64. The highest BCUT2D eigenvalue weighted by molar-refractivity contribution is 5.67. The standard InChI is InChI=1S/C20H27N5O2/c1-26-18-6-5-13(10-19(18)27-2)25-9-7-17-15(12-25)14(11-20(23)24-17)16(22)4-3-8-21/h5-7,9-11,16H,3-4,8,12,21-22H2,1-2H3,(H2,23,24). The topological polar surface area (TPSA) is 113 Å². The van der Waals surface area contributed by atoms with Crippen LogP contribution in [-0.4, -0.2) is 25.7 Å². The molecule has 0 radical (unpaired) electrons. The molecule has 0 fully saturated rings. The van der Waals surface area contributed by atoms with Gasteiger partial charge >= 0.3 is 0 Å². The monoisotopic (exact) mass is 369 g/mol. The zero-order valence-corrected chi connectivity index (χ0v) is 15.8. The third-order valence-electron chi connectivity index (χ3n) is 4.77. The van der Waals surface area contributed by atoms with Gasteiger partial charge in [0, 0.05) is 29.6 Å². The first kappa shape index (κ1) is 19.0. The number of nitrogens with two attached hydrogens (primary N) is 3. The Hall–Kier alpha value is -2.77. The zero-order chi connectivity index (χ0) is 19.4. The Morgan fingerprint density at radius 3 is 2.67 bits per heavy atom. The largest absolute Gasteiger partial charge is 0.493 e. The Labute approximate surface area is 159 Å². The van der Waals surface area contributed by atoms with Gasteiger partial charge in [-0.3, -0.25) is 0 Å². The van der Waals surface area contributed by atoms with Gasteiger partial charge in [0.15, 0.2) is 11.5 Å². The van der Waals surface area contributed by atoms with Crippen molar-refractivity contribution in [3.63, 3.8) is 0 Å². The summed E-state index contributed by atoms with van der Waals surface area (Å²) in [5, 5.41) is 0. The van der Waals surface area contributed by atoms with E-state index in [2.05, 4.69) is 9.88 Å². The number of aromatic nitrogens is 1. The van der Waals surface area contributed by atoms with E-state index in [0.29, 0.717) is 30.4 Å². The summed E-state index contributed by atoms with van der Waals surface area (Å²) >= 11 is 0. The molecule has 1 aromatic carbocycles. The molecule has 6 N–H and O–H groups in total. The second kappa shape index (κ2) is 8.28. The van der Waals surface area contributed by atoms with E-state index in [1.165, 1.54) is 0 Å². The quantitative estimate of drug-likeness (QED) is 0.687. The van der Waals surface area contributed by atoms with E-state index in [1.54, 1.807) is 14.2 Å². The first-order valence-electron chi connectivity index (χ1n) is 8.99. The van der Waals surface area contributed by atoms with Crippen LogP contribution in [0.15, 0.2) is 30.5 Å². The molecule has 0 amide bonds. The Morgan fingerprint density at radius 1 is 1.19 bits per heavy atom. The molecule has 0 bridgehead atoms. The number of nitrogen functional groups attached to an aromatic ring is 1. The lowest BCUT2D eigenvalue weighted by Gasteiger charge is -2.29. The van der Waals surface area contributed by atoms with Gasteiger partial charge in [0.05, 0.1) is 26.5 Å². The van der Waals surface area contributed by atoms with E-state index in [0.717, 1.165) is 35.3 Å². The molecular weight excluding hydrogens is 342 g/mol. The molecule has 1 aromatic heterocycles. The highest BCUT2D eigenvalue weighted by Gasteiger charge is 2.21. The van der Waals surface area contributed by atoms with Crippen LogP contribution in [0.5, 0.6) is 11.5 Å². The van der Waals surface area contributed by atoms with E-state index in [9.17, 15) is 0 Å². The van der Waals surface area contributed by atoms with Crippen molar-refractivity contribution in [2.45, 2.75) is 25.4 Å². The molecule has 144 valence electrons. The maximum Gasteiger partial charge on any atom is 0.162 e. The van der Waals surface area contributed by atoms with Gasteiger partial charge in [-0.05, 0) is 49.2 Å². The van der Waals surface area contributed by atoms with Crippen molar-refractivity contribution in [2.24, 2.45) is 11.5 Å². The van der Waals surface area contributed by atoms with Crippen LogP contribution in [0.2, 0.25) is 0 Å². The van der Waals surface area contributed by atoms with Crippen molar-refractivity contribution in [2.75, 3.05) is 31.4 Å². The third-order valence-corrected chi connectivity index (χ3v) is 4.77. The van der Waals surface area contributed by atoms with Gasteiger partial charge in [-0.15, -0.1) is 0 Å². The zero-order valence-electron chi connectivity index (χ0n) is 15.8. The summed E-state index contributed by atoms with van der Waals surface area (Å²) in [5.74, 6) is 1.86. The molecule has 0 aliphatic carbocycles. The number of methoxy groups -OCH3 is 2. The normalized spacial score (nSPS) is 14.0. The lowest BCUT2D eigenvalue weighted by atomic mass is 9.94. The van der Waals surface area contributed by atoms with Crippen LogP contribution in [-0.2, 0) is 6.54 Å². The lowest BCUT2D eigenvalue weighted by molar-refractivity contribution is 0.355. The number of nitrogens with zero attached hydrogens (tertiary/aromatic N) is 2. The van der Waals surface area contributed by atoms with E-state index in [1.807, 2.05) is 36.5 Å². The number of anilines is 2. The second-order valence-electron chi connectivity index (χ2n) is 6.52. The molecule has 0 saturated carbocycles. The average Bonchev–Trinajstić information content (AvgIpc) is 2.70. The first-order valence-corrected chi connectivity index (χ1v) is 8.99. The van der Waals surface area contributed by atoms with E-state index < -0.39 is 0 Å². The molecule has 0 spiro atoms. The maximum atomic E-state index is 6.42. The number of hydrogen-bond donors (Lipinski definition) is 3. The number of fused-ring (bicyclic) bond motifs is 1. The van der Waals surface area contributed by atoms with Crippen molar-refractivity contribution >= 4 is 17.6 Å². The Balaban J connectivity index is 1.94. The summed E-state index contributed by atoms with van der Waals surface area (Å²) in [7, 11) is 3.25. The molecule has 27 heavy (non-hydrogen) atoms. The minimum atomic E-state index is -0.119. The Kier molecular flexibility index (Phi) is 5.83. The van der Waals surface area contributed by atoms with Gasteiger partial charge in [0.2, 0.25) is 0 Å². The van der Waals surface area contributed by atoms with E-state index in [-0.39, 0.29) is 6.04 Å². The summed E-state index contributed by atoms with van der Waals surface area (Å²) < 4.78 is 10.7. The number of rotatable bonds is 7. The number of pyridine rings is 1. The highest BCUT2D eigenvalue weighted by Crippen LogP contribution is 2.35. The average molecular weight is 369 g/mol. The second-order valence-corrected chi connectivity index (χ2v) is 6.52. The molecule has 7 heteroatoms. The molecule has 1 unspecified atom stereocenters. The van der Waals surface area contributed by atoms with Gasteiger partial charge < -0.3 is 31.6 Å². The van der Waals surface area contributed by atoms with E-state index >= 15 is 0 Å². The summed E-state index contributed by atoms with van der Waals surface area (Å²) in [4.78, 5) is 6.59. The molecule has 1 aliphatic rings. The fraction of sp³-hybridized carbons (Fsp3) is 0.350. The molecule has 3 rings (SSSR count). The van der Waals surface area contributed by atoms with Gasteiger partial charge in [0.1, 0.15) is 5.82 Å². The SMILES string of the molecule is COc1ccc(N2C=Cc3nc(N)cc(C(N)CCCN)c3C2)cc1OC. The molecule has 1 aliphatic heterocycles. The van der Waals surface area contributed by atoms with Crippen LogP contribution >= 0.6 is 0 Å². The van der Waals surface area contributed by atoms with Gasteiger partial charge in [-0.25, -0.2) is 4.98 Å². The highest BCUT2D eigenvalue weighted by atomic mass is 16.5. The summed E-state index contributed by atoms with van der Waals surface area (Å²) in [6, 6.07) is 7.60. The Bertz CT molecular complexity index is 837. The van der Waals surface area contributed by atoms with Crippen molar-refractivity contribution < 1.29 is 9.47 Å². The molecule has 7 nitrogen and oxygen atoms in total. The van der Waals surface area contributed by atoms with Crippen molar-refractivity contribution in [1.82, 2.24) is 4.98 Å². The minimum absolute atomic E-state index is 0.119. The summed E-state index contributed by atoms with van der Waals surface area (Å²) in [5.41, 5.74) is 22.0.